The van der Waals surface area contributed by atoms with E-state index in [9.17, 15) is 13.6 Å². The second-order valence-electron chi connectivity index (χ2n) is 6.77. The maximum absolute atomic E-state index is 12.6. The molecule has 0 unspecified atom stereocenters. The number of aromatic nitrogens is 4. The van der Waals surface area contributed by atoms with Gasteiger partial charge in [0.1, 0.15) is 5.75 Å². The van der Waals surface area contributed by atoms with E-state index in [0.717, 1.165) is 17.3 Å². The standard InChI is InChI=1S/C23H16ClF2N5O2S/c24-18-7-3-15(4-8-18)12-28-31-21(17-2-1-11-27-13-17)29-30-23(31)34-14-20(32)16-5-9-19(10-6-16)33-22(25)26/h1-13,22H,14H2/b28-12-. The monoisotopic (exact) mass is 499 g/mol. The van der Waals surface area contributed by atoms with Crippen LogP contribution in [0.2, 0.25) is 5.02 Å². The summed E-state index contributed by atoms with van der Waals surface area (Å²) in [6, 6.07) is 16.3. The summed E-state index contributed by atoms with van der Waals surface area (Å²) in [7, 11) is 0. The van der Waals surface area contributed by atoms with Gasteiger partial charge in [0.05, 0.1) is 12.0 Å². The lowest BCUT2D eigenvalue weighted by atomic mass is 10.1. The van der Waals surface area contributed by atoms with Crippen molar-refractivity contribution in [2.24, 2.45) is 5.10 Å². The molecule has 0 aliphatic heterocycles. The summed E-state index contributed by atoms with van der Waals surface area (Å²) in [5.41, 5.74) is 1.88. The Morgan fingerprint density at radius 2 is 1.88 bits per heavy atom. The molecule has 2 aromatic heterocycles. The predicted octanol–water partition coefficient (Wildman–Crippen LogP) is 5.45. The van der Waals surface area contributed by atoms with Gasteiger partial charge in [0, 0.05) is 28.5 Å². The van der Waals surface area contributed by atoms with E-state index in [1.807, 2.05) is 18.2 Å². The maximum Gasteiger partial charge on any atom is 0.387 e. The van der Waals surface area contributed by atoms with E-state index in [4.69, 9.17) is 11.6 Å². The average Bonchev–Trinajstić information content (AvgIpc) is 3.25. The van der Waals surface area contributed by atoms with Gasteiger partial charge in [-0.2, -0.15) is 18.6 Å². The molecule has 172 valence electrons. The van der Waals surface area contributed by atoms with Crippen molar-refractivity contribution >= 4 is 35.4 Å². The van der Waals surface area contributed by atoms with Crippen LogP contribution in [-0.4, -0.2) is 44.2 Å². The van der Waals surface area contributed by atoms with Gasteiger partial charge in [-0.05, 0) is 54.1 Å². The van der Waals surface area contributed by atoms with Crippen LogP contribution in [0.1, 0.15) is 15.9 Å². The topological polar surface area (TPSA) is 82.3 Å². The highest BCUT2D eigenvalue weighted by atomic mass is 35.5. The Morgan fingerprint density at radius 3 is 2.56 bits per heavy atom. The number of carbonyl (C=O) groups excluding carboxylic acids is 1. The zero-order chi connectivity index (χ0) is 23.9. The van der Waals surface area contributed by atoms with Gasteiger partial charge < -0.3 is 4.74 Å². The Balaban J connectivity index is 1.54. The number of halogens is 3. The van der Waals surface area contributed by atoms with Crippen molar-refractivity contribution in [1.29, 1.82) is 0 Å². The van der Waals surface area contributed by atoms with Gasteiger partial charge in [-0.25, -0.2) is 0 Å². The normalized spacial score (nSPS) is 11.3. The highest BCUT2D eigenvalue weighted by Crippen LogP contribution is 2.25. The molecule has 2 aromatic carbocycles. The first kappa shape index (κ1) is 23.5. The van der Waals surface area contributed by atoms with E-state index in [2.05, 4.69) is 25.0 Å². The summed E-state index contributed by atoms with van der Waals surface area (Å²) in [6.45, 7) is -2.93. The molecule has 4 aromatic rings. The van der Waals surface area contributed by atoms with Crippen LogP contribution < -0.4 is 4.74 Å². The highest BCUT2D eigenvalue weighted by molar-refractivity contribution is 7.99. The third kappa shape index (κ3) is 6.03. The number of Topliss-reactive ketones (excluding diaryl/α,β-unsaturated/α-hetero) is 1. The fraction of sp³-hybridized carbons (Fsp3) is 0.0870. The molecule has 0 aliphatic carbocycles. The van der Waals surface area contributed by atoms with Gasteiger partial charge in [0.25, 0.3) is 0 Å². The number of alkyl halides is 2. The summed E-state index contributed by atoms with van der Waals surface area (Å²) >= 11 is 7.09. The molecule has 4 rings (SSSR count). The van der Waals surface area contributed by atoms with Crippen LogP contribution in [0, 0.1) is 0 Å². The maximum atomic E-state index is 12.6. The lowest BCUT2D eigenvalue weighted by Crippen LogP contribution is -2.05. The van der Waals surface area contributed by atoms with Crippen LogP contribution in [-0.2, 0) is 0 Å². The second kappa shape index (κ2) is 11.0. The van der Waals surface area contributed by atoms with E-state index >= 15 is 0 Å². The third-order valence-electron chi connectivity index (χ3n) is 4.46. The van der Waals surface area contributed by atoms with Gasteiger partial charge in [-0.15, -0.1) is 10.2 Å². The predicted molar refractivity (Wildman–Crippen MR) is 126 cm³/mol. The van der Waals surface area contributed by atoms with Crippen molar-refractivity contribution in [3.63, 3.8) is 0 Å². The van der Waals surface area contributed by atoms with Crippen LogP contribution >= 0.6 is 23.4 Å². The molecular weight excluding hydrogens is 484 g/mol. The summed E-state index contributed by atoms with van der Waals surface area (Å²) in [5.74, 6) is 0.266. The smallest absolute Gasteiger partial charge is 0.387 e. The summed E-state index contributed by atoms with van der Waals surface area (Å²) in [6.07, 6.45) is 4.92. The Bertz CT molecular complexity index is 1280. The van der Waals surface area contributed by atoms with Crippen molar-refractivity contribution < 1.29 is 18.3 Å². The van der Waals surface area contributed by atoms with Gasteiger partial charge >= 0.3 is 6.61 Å². The molecule has 0 bridgehead atoms. The Morgan fingerprint density at radius 1 is 1.12 bits per heavy atom. The van der Waals surface area contributed by atoms with Crippen LogP contribution in [0.4, 0.5) is 8.78 Å². The molecule has 2 heterocycles. The van der Waals surface area contributed by atoms with Gasteiger partial charge in [-0.3, -0.25) is 9.78 Å². The minimum atomic E-state index is -2.93. The lowest BCUT2D eigenvalue weighted by Gasteiger charge is -2.06. The number of hydrogen-bond acceptors (Lipinski definition) is 7. The van der Waals surface area contributed by atoms with Crippen LogP contribution in [0.15, 0.2) is 83.3 Å². The van der Waals surface area contributed by atoms with Crippen molar-refractivity contribution in [3.8, 4) is 17.1 Å². The van der Waals surface area contributed by atoms with Crippen LogP contribution in [0.25, 0.3) is 11.4 Å². The number of ether oxygens (including phenoxy) is 1. The molecule has 0 aliphatic rings. The fourth-order valence-electron chi connectivity index (χ4n) is 2.84. The molecule has 0 saturated heterocycles. The zero-order valence-electron chi connectivity index (χ0n) is 17.4. The largest absolute Gasteiger partial charge is 0.435 e. The number of benzene rings is 2. The molecule has 0 amide bonds. The van der Waals surface area contributed by atoms with E-state index in [1.54, 1.807) is 36.8 Å². The molecule has 7 nitrogen and oxygen atoms in total. The van der Waals surface area contributed by atoms with E-state index in [1.165, 1.54) is 28.9 Å². The number of thioether (sulfide) groups is 1. The Hall–Kier alpha value is -3.63. The number of pyridine rings is 1. The van der Waals surface area contributed by atoms with Crippen molar-refractivity contribution in [2.75, 3.05) is 5.75 Å². The SMILES string of the molecule is O=C(CSc1nnc(-c2cccnc2)n1/N=C\c1ccc(Cl)cc1)c1ccc(OC(F)F)cc1. The zero-order valence-corrected chi connectivity index (χ0v) is 19.0. The molecule has 0 N–H and O–H groups in total. The molecule has 11 heteroatoms. The minimum absolute atomic E-state index is 0.0170. The van der Waals surface area contributed by atoms with E-state index < -0.39 is 6.61 Å². The molecule has 0 atom stereocenters. The minimum Gasteiger partial charge on any atom is -0.435 e. The Labute approximate surface area is 202 Å². The number of rotatable bonds is 9. The van der Waals surface area contributed by atoms with E-state index in [-0.39, 0.29) is 17.3 Å². The molecule has 0 radical (unpaired) electrons. The van der Waals surface area contributed by atoms with Crippen molar-refractivity contribution in [1.82, 2.24) is 19.9 Å². The number of carbonyl (C=O) groups is 1. The first-order valence-corrected chi connectivity index (χ1v) is 11.2. The first-order chi connectivity index (χ1) is 16.5. The van der Waals surface area contributed by atoms with Crippen LogP contribution in [0.5, 0.6) is 5.75 Å². The molecule has 0 saturated carbocycles. The van der Waals surface area contributed by atoms with Gasteiger partial charge in [0.2, 0.25) is 5.16 Å². The van der Waals surface area contributed by atoms with Gasteiger partial charge in [-0.1, -0.05) is 35.5 Å². The lowest BCUT2D eigenvalue weighted by molar-refractivity contribution is -0.0498. The van der Waals surface area contributed by atoms with Crippen molar-refractivity contribution in [2.45, 2.75) is 11.8 Å². The number of ketones is 1. The van der Waals surface area contributed by atoms with Crippen molar-refractivity contribution in [3.05, 3.63) is 89.2 Å². The second-order valence-corrected chi connectivity index (χ2v) is 8.15. The Kier molecular flexibility index (Phi) is 7.61. The molecule has 34 heavy (non-hydrogen) atoms. The summed E-state index contributed by atoms with van der Waals surface area (Å²) < 4.78 is 30.5. The summed E-state index contributed by atoms with van der Waals surface area (Å²) in [4.78, 5) is 16.7. The third-order valence-corrected chi connectivity index (χ3v) is 5.63. The summed E-state index contributed by atoms with van der Waals surface area (Å²) in [5, 5.41) is 13.9. The fourth-order valence-corrected chi connectivity index (χ4v) is 3.75. The molecule has 0 fully saturated rings. The molecule has 0 spiro atoms. The quantitative estimate of drug-likeness (QED) is 0.173. The number of nitrogens with zero attached hydrogens (tertiary/aromatic N) is 5. The van der Waals surface area contributed by atoms with Crippen LogP contribution in [0.3, 0.4) is 0 Å². The first-order valence-electron chi connectivity index (χ1n) is 9.86. The van der Waals surface area contributed by atoms with Gasteiger partial charge in [0.15, 0.2) is 11.6 Å². The average molecular weight is 500 g/mol. The van der Waals surface area contributed by atoms with E-state index in [0.29, 0.717) is 27.1 Å². The molecular formula is C23H16ClF2N5O2S. The number of hydrogen-bond donors (Lipinski definition) is 0. The highest BCUT2D eigenvalue weighted by Gasteiger charge is 2.16.